The number of carbonyl (C=O) groups excluding carboxylic acids is 1. The van der Waals surface area contributed by atoms with Crippen LogP contribution in [0.3, 0.4) is 0 Å². The Hall–Kier alpha value is -3.18. The van der Waals surface area contributed by atoms with Gasteiger partial charge in [0.2, 0.25) is 6.79 Å². The summed E-state index contributed by atoms with van der Waals surface area (Å²) in [6, 6.07) is 10.6. The Morgan fingerprint density at radius 1 is 1.06 bits per heavy atom. The molecule has 8 nitrogen and oxygen atoms in total. The molecule has 0 aromatic heterocycles. The summed E-state index contributed by atoms with van der Waals surface area (Å²) < 4.78 is 57.1. The largest absolute Gasteiger partial charge is 0.573 e. The minimum atomic E-state index is -4.78. The first-order valence-electron chi connectivity index (χ1n) is 10.9. The number of piperidine rings is 1. The number of hydrogen-bond donors (Lipinski definition) is 1. The molecule has 11 heteroatoms. The van der Waals surface area contributed by atoms with Gasteiger partial charge < -0.3 is 24.1 Å². The average molecular weight is 480 g/mol. The van der Waals surface area contributed by atoms with Crippen molar-refractivity contribution >= 4 is 11.8 Å². The van der Waals surface area contributed by atoms with Crippen LogP contribution in [0.2, 0.25) is 0 Å². The molecule has 1 amide bonds. The van der Waals surface area contributed by atoms with Crippen LogP contribution in [0.15, 0.2) is 42.5 Å². The first-order chi connectivity index (χ1) is 16.2. The molecule has 2 aromatic rings. The number of carbonyl (C=O) groups is 1. The monoisotopic (exact) mass is 480 g/mol. The summed E-state index contributed by atoms with van der Waals surface area (Å²) in [4.78, 5) is 15.8. The molecule has 2 fully saturated rings. The second kappa shape index (κ2) is 8.55. The van der Waals surface area contributed by atoms with Crippen LogP contribution in [0.5, 0.6) is 17.2 Å². The normalized spacial score (nSPS) is 22.1. The number of anilines is 1. The highest BCUT2D eigenvalue weighted by Gasteiger charge is 2.38. The van der Waals surface area contributed by atoms with E-state index >= 15 is 0 Å². The Bertz CT molecular complexity index is 1050. The second-order valence-corrected chi connectivity index (χ2v) is 8.56. The summed E-state index contributed by atoms with van der Waals surface area (Å²) >= 11 is 0. The number of halogens is 3. The lowest BCUT2D eigenvalue weighted by Gasteiger charge is -2.39. The van der Waals surface area contributed by atoms with Crippen LogP contribution in [-0.4, -0.2) is 61.5 Å². The summed E-state index contributed by atoms with van der Waals surface area (Å²) in [5.74, 6) is 0.938. The van der Waals surface area contributed by atoms with Crippen molar-refractivity contribution in [2.24, 2.45) is 0 Å². The van der Waals surface area contributed by atoms with E-state index in [9.17, 15) is 23.1 Å². The molecule has 3 aliphatic rings. The maximum absolute atomic E-state index is 12.3. The molecule has 5 rings (SSSR count). The van der Waals surface area contributed by atoms with Crippen LogP contribution in [-0.2, 0) is 10.3 Å². The molecular weight excluding hydrogens is 457 g/mol. The number of cyclic esters (lactones) is 1. The number of amides is 1. The summed E-state index contributed by atoms with van der Waals surface area (Å²) in [6.45, 7) is 2.18. The number of hydrogen-bond acceptors (Lipinski definition) is 7. The van der Waals surface area contributed by atoms with Gasteiger partial charge in [-0.15, -0.1) is 13.2 Å². The highest BCUT2D eigenvalue weighted by atomic mass is 19.4. The van der Waals surface area contributed by atoms with E-state index < -0.39 is 24.2 Å². The third-order valence-electron chi connectivity index (χ3n) is 6.31. The van der Waals surface area contributed by atoms with Gasteiger partial charge in [0.25, 0.3) is 0 Å². The Labute approximate surface area is 193 Å². The molecule has 1 atom stereocenters. The number of rotatable bonds is 5. The standard InChI is InChI=1S/C23H23F3N2O6/c24-23(25,26)34-17-4-2-16(3-5-17)28-13-18(33-21(28)29)12-27-9-7-22(30,8-10-27)15-1-6-19-20(11-15)32-14-31-19/h1-6,11,18,30H,7-10,12-14H2/t18-/m0/s1. The summed E-state index contributed by atoms with van der Waals surface area (Å²) in [5.41, 5.74) is 0.237. The minimum Gasteiger partial charge on any atom is -0.454 e. The summed E-state index contributed by atoms with van der Waals surface area (Å²) in [6.07, 6.45) is -4.70. The predicted octanol–water partition coefficient (Wildman–Crippen LogP) is 3.62. The molecule has 0 radical (unpaired) electrons. The van der Waals surface area contributed by atoms with Crippen molar-refractivity contribution in [3.05, 3.63) is 48.0 Å². The molecule has 0 saturated carbocycles. The smallest absolute Gasteiger partial charge is 0.454 e. The van der Waals surface area contributed by atoms with Crippen LogP contribution in [0, 0.1) is 0 Å². The van der Waals surface area contributed by atoms with E-state index in [0.29, 0.717) is 49.7 Å². The number of likely N-dealkylation sites (tertiary alicyclic amines) is 1. The zero-order chi connectivity index (χ0) is 23.9. The van der Waals surface area contributed by atoms with Gasteiger partial charge in [0, 0.05) is 25.3 Å². The molecule has 0 bridgehead atoms. The average Bonchev–Trinajstić information content (AvgIpc) is 3.40. The second-order valence-electron chi connectivity index (χ2n) is 8.56. The van der Waals surface area contributed by atoms with Crippen molar-refractivity contribution < 1.29 is 42.0 Å². The van der Waals surface area contributed by atoms with Crippen LogP contribution < -0.4 is 19.1 Å². The third kappa shape index (κ3) is 4.71. The van der Waals surface area contributed by atoms with Gasteiger partial charge in [0.05, 0.1) is 12.1 Å². The number of alkyl halides is 3. The molecule has 0 aliphatic carbocycles. The Balaban J connectivity index is 1.15. The van der Waals surface area contributed by atoms with E-state index in [4.69, 9.17) is 14.2 Å². The number of nitrogens with zero attached hydrogens (tertiary/aromatic N) is 2. The molecule has 0 unspecified atom stereocenters. The fraction of sp³-hybridized carbons (Fsp3) is 0.435. The Morgan fingerprint density at radius 2 is 1.76 bits per heavy atom. The van der Waals surface area contributed by atoms with Crippen molar-refractivity contribution in [1.29, 1.82) is 0 Å². The number of fused-ring (bicyclic) bond motifs is 1. The molecule has 3 aliphatic heterocycles. The van der Waals surface area contributed by atoms with Gasteiger partial charge in [-0.1, -0.05) is 6.07 Å². The van der Waals surface area contributed by atoms with Gasteiger partial charge in [-0.2, -0.15) is 0 Å². The van der Waals surface area contributed by atoms with Crippen LogP contribution >= 0.6 is 0 Å². The van der Waals surface area contributed by atoms with Crippen LogP contribution in [0.1, 0.15) is 18.4 Å². The third-order valence-corrected chi connectivity index (χ3v) is 6.31. The van der Waals surface area contributed by atoms with Crippen molar-refractivity contribution in [3.63, 3.8) is 0 Å². The zero-order valence-corrected chi connectivity index (χ0v) is 18.1. The van der Waals surface area contributed by atoms with E-state index in [1.54, 1.807) is 6.07 Å². The highest BCUT2D eigenvalue weighted by Crippen LogP contribution is 2.39. The molecule has 2 saturated heterocycles. The van der Waals surface area contributed by atoms with Gasteiger partial charge >= 0.3 is 12.5 Å². The number of aliphatic hydroxyl groups is 1. The minimum absolute atomic E-state index is 0.174. The van der Waals surface area contributed by atoms with Gasteiger partial charge in [0.1, 0.15) is 11.9 Å². The van der Waals surface area contributed by atoms with Gasteiger partial charge in [-0.05, 0) is 54.8 Å². The molecular formula is C23H23F3N2O6. The van der Waals surface area contributed by atoms with E-state index in [1.807, 2.05) is 12.1 Å². The SMILES string of the molecule is O=C1O[C@@H](CN2CCC(O)(c3ccc4c(c3)OCO4)CC2)CN1c1ccc(OC(F)(F)F)cc1. The zero-order valence-electron chi connectivity index (χ0n) is 18.1. The topological polar surface area (TPSA) is 80.7 Å². The number of ether oxygens (including phenoxy) is 4. The van der Waals surface area contributed by atoms with Crippen molar-refractivity contribution in [2.45, 2.75) is 30.9 Å². The maximum atomic E-state index is 12.3. The first-order valence-corrected chi connectivity index (χ1v) is 10.9. The van der Waals surface area contributed by atoms with Crippen molar-refractivity contribution in [2.75, 3.05) is 37.9 Å². The Kier molecular flexibility index (Phi) is 5.68. The fourth-order valence-electron chi connectivity index (χ4n) is 4.52. The molecule has 34 heavy (non-hydrogen) atoms. The van der Waals surface area contributed by atoms with Gasteiger partial charge in [-0.3, -0.25) is 9.80 Å². The molecule has 2 aromatic carbocycles. The first kappa shape index (κ1) is 22.6. The molecule has 182 valence electrons. The van der Waals surface area contributed by atoms with Crippen LogP contribution in [0.25, 0.3) is 0 Å². The highest BCUT2D eigenvalue weighted by molar-refractivity contribution is 5.89. The maximum Gasteiger partial charge on any atom is 0.573 e. The molecule has 1 N–H and O–H groups in total. The molecule has 3 heterocycles. The lowest BCUT2D eigenvalue weighted by atomic mass is 9.84. The fourth-order valence-corrected chi connectivity index (χ4v) is 4.52. The van der Waals surface area contributed by atoms with E-state index in [2.05, 4.69) is 9.64 Å². The van der Waals surface area contributed by atoms with E-state index in [-0.39, 0.29) is 19.1 Å². The summed E-state index contributed by atoms with van der Waals surface area (Å²) in [7, 11) is 0. The predicted molar refractivity (Wildman–Crippen MR) is 113 cm³/mol. The quantitative estimate of drug-likeness (QED) is 0.700. The summed E-state index contributed by atoms with van der Waals surface area (Å²) in [5, 5.41) is 11.2. The van der Waals surface area contributed by atoms with Crippen molar-refractivity contribution in [1.82, 2.24) is 4.90 Å². The Morgan fingerprint density at radius 3 is 2.47 bits per heavy atom. The van der Waals surface area contributed by atoms with E-state index in [0.717, 1.165) is 17.7 Å². The van der Waals surface area contributed by atoms with Crippen LogP contribution in [0.4, 0.5) is 23.7 Å². The van der Waals surface area contributed by atoms with Gasteiger partial charge in [-0.25, -0.2) is 4.79 Å². The van der Waals surface area contributed by atoms with E-state index in [1.165, 1.54) is 17.0 Å². The van der Waals surface area contributed by atoms with Crippen molar-refractivity contribution in [3.8, 4) is 17.2 Å². The van der Waals surface area contributed by atoms with Gasteiger partial charge in [0.15, 0.2) is 11.5 Å². The number of benzene rings is 2. The lowest BCUT2D eigenvalue weighted by molar-refractivity contribution is -0.274. The lowest BCUT2D eigenvalue weighted by Crippen LogP contribution is -2.45. The molecule has 0 spiro atoms.